The molecular weight excluding hydrogens is 221 g/mol. The Morgan fingerprint density at radius 3 is 2.82 bits per heavy atom. The van der Waals surface area contributed by atoms with E-state index in [1.807, 2.05) is 0 Å². The molecule has 0 radical (unpaired) electrons. The van der Waals surface area contributed by atoms with Crippen LogP contribution in [0.15, 0.2) is 24.3 Å². The molecule has 0 aromatic heterocycles. The number of hydrogen-bond acceptors (Lipinski definition) is 3. The molecule has 1 N–H and O–H groups in total. The van der Waals surface area contributed by atoms with Crippen LogP contribution in [0.2, 0.25) is 0 Å². The molecule has 1 aliphatic rings. The van der Waals surface area contributed by atoms with Gasteiger partial charge in [-0.1, -0.05) is 12.5 Å². The predicted octanol–water partition coefficient (Wildman–Crippen LogP) is 2.58. The average Bonchev–Trinajstić information content (AvgIpc) is 2.27. The maximum atomic E-state index is 13.0. The zero-order valence-electron chi connectivity index (χ0n) is 9.83. The monoisotopic (exact) mass is 237 g/mol. The highest BCUT2D eigenvalue weighted by Crippen LogP contribution is 2.42. The van der Waals surface area contributed by atoms with Gasteiger partial charge in [0, 0.05) is 12.2 Å². The predicted molar refractivity (Wildman–Crippen MR) is 63.2 cm³/mol. The van der Waals surface area contributed by atoms with E-state index in [0.717, 1.165) is 19.3 Å². The van der Waals surface area contributed by atoms with Crippen molar-refractivity contribution in [2.24, 2.45) is 5.41 Å². The lowest BCUT2D eigenvalue weighted by molar-refractivity contribution is -0.157. The average molecular weight is 237 g/mol. The van der Waals surface area contributed by atoms with Crippen molar-refractivity contribution in [1.29, 1.82) is 0 Å². The van der Waals surface area contributed by atoms with E-state index >= 15 is 0 Å². The van der Waals surface area contributed by atoms with Crippen LogP contribution in [0.1, 0.15) is 19.3 Å². The number of esters is 1. The fourth-order valence-electron chi connectivity index (χ4n) is 2.14. The van der Waals surface area contributed by atoms with Crippen molar-refractivity contribution >= 4 is 11.7 Å². The van der Waals surface area contributed by atoms with Crippen LogP contribution in [0.5, 0.6) is 0 Å². The highest BCUT2D eigenvalue weighted by Gasteiger charge is 2.45. The summed E-state index contributed by atoms with van der Waals surface area (Å²) in [5, 5.41) is 3.10. The zero-order valence-corrected chi connectivity index (χ0v) is 9.83. The fraction of sp³-hybridized carbons (Fsp3) is 0.462. The number of rotatable bonds is 4. The number of hydrogen-bond donors (Lipinski definition) is 1. The smallest absolute Gasteiger partial charge is 0.313 e. The minimum absolute atomic E-state index is 0.173. The van der Waals surface area contributed by atoms with E-state index in [1.54, 1.807) is 12.1 Å². The van der Waals surface area contributed by atoms with Gasteiger partial charge >= 0.3 is 5.97 Å². The molecule has 92 valence electrons. The van der Waals surface area contributed by atoms with E-state index in [2.05, 4.69) is 5.32 Å². The lowest BCUT2D eigenvalue weighted by Crippen LogP contribution is -2.44. The van der Waals surface area contributed by atoms with Crippen molar-refractivity contribution in [2.75, 3.05) is 19.0 Å². The largest absolute Gasteiger partial charge is 0.469 e. The number of halogens is 1. The van der Waals surface area contributed by atoms with Gasteiger partial charge in [-0.2, -0.15) is 0 Å². The Morgan fingerprint density at radius 1 is 1.53 bits per heavy atom. The number of methoxy groups -OCH3 is 1. The summed E-state index contributed by atoms with van der Waals surface area (Å²) < 4.78 is 17.8. The van der Waals surface area contributed by atoms with E-state index in [1.165, 1.54) is 19.2 Å². The van der Waals surface area contributed by atoms with Crippen molar-refractivity contribution in [3.63, 3.8) is 0 Å². The van der Waals surface area contributed by atoms with Crippen molar-refractivity contribution in [1.82, 2.24) is 0 Å². The molecule has 0 amide bonds. The van der Waals surface area contributed by atoms with Crippen LogP contribution < -0.4 is 5.32 Å². The van der Waals surface area contributed by atoms with E-state index in [9.17, 15) is 9.18 Å². The van der Waals surface area contributed by atoms with Gasteiger partial charge in [0.25, 0.3) is 0 Å². The molecule has 1 aromatic rings. The first kappa shape index (κ1) is 11.9. The van der Waals surface area contributed by atoms with Gasteiger partial charge in [0.15, 0.2) is 0 Å². The third-order valence-corrected chi connectivity index (χ3v) is 3.38. The highest BCUT2D eigenvalue weighted by atomic mass is 19.1. The number of anilines is 1. The van der Waals surface area contributed by atoms with Crippen LogP contribution in [-0.4, -0.2) is 19.6 Å². The summed E-state index contributed by atoms with van der Waals surface area (Å²) >= 11 is 0. The van der Waals surface area contributed by atoms with Crippen molar-refractivity contribution in [3.8, 4) is 0 Å². The van der Waals surface area contributed by atoms with Crippen LogP contribution in [0.4, 0.5) is 10.1 Å². The summed E-state index contributed by atoms with van der Waals surface area (Å²) in [5.41, 5.74) is 0.279. The van der Waals surface area contributed by atoms with E-state index in [-0.39, 0.29) is 11.8 Å². The lowest BCUT2D eigenvalue weighted by atomic mass is 9.68. The molecule has 1 aromatic carbocycles. The number of ether oxygens (including phenoxy) is 1. The Balaban J connectivity index is 1.99. The van der Waals surface area contributed by atoms with E-state index < -0.39 is 5.41 Å². The van der Waals surface area contributed by atoms with Crippen LogP contribution >= 0.6 is 0 Å². The Hall–Kier alpha value is -1.58. The molecule has 0 atom stereocenters. The van der Waals surface area contributed by atoms with Crippen LogP contribution in [0.3, 0.4) is 0 Å². The van der Waals surface area contributed by atoms with Gasteiger partial charge < -0.3 is 10.1 Å². The van der Waals surface area contributed by atoms with Crippen LogP contribution in [-0.2, 0) is 9.53 Å². The van der Waals surface area contributed by atoms with Crippen LogP contribution in [0.25, 0.3) is 0 Å². The SMILES string of the molecule is COC(=O)C1(CNc2cccc(F)c2)CCC1. The van der Waals surface area contributed by atoms with Crippen molar-refractivity contribution in [3.05, 3.63) is 30.1 Å². The zero-order chi connectivity index (χ0) is 12.3. The van der Waals surface area contributed by atoms with Crippen molar-refractivity contribution < 1.29 is 13.9 Å². The van der Waals surface area contributed by atoms with Gasteiger partial charge in [-0.25, -0.2) is 4.39 Å². The molecule has 1 saturated carbocycles. The summed E-state index contributed by atoms with van der Waals surface area (Å²) in [4.78, 5) is 11.7. The van der Waals surface area contributed by atoms with E-state index in [0.29, 0.717) is 12.2 Å². The quantitative estimate of drug-likeness (QED) is 0.818. The Kier molecular flexibility index (Phi) is 3.31. The summed E-state index contributed by atoms with van der Waals surface area (Å²) in [6, 6.07) is 6.24. The minimum Gasteiger partial charge on any atom is -0.469 e. The maximum Gasteiger partial charge on any atom is 0.313 e. The first-order valence-corrected chi connectivity index (χ1v) is 5.74. The summed E-state index contributed by atoms with van der Waals surface area (Å²) in [7, 11) is 1.41. The molecule has 4 heteroatoms. The van der Waals surface area contributed by atoms with Gasteiger partial charge in [0.2, 0.25) is 0 Å². The number of carbonyl (C=O) groups excluding carboxylic acids is 1. The summed E-state index contributed by atoms with van der Waals surface area (Å²) in [6.45, 7) is 0.503. The molecule has 1 fully saturated rings. The number of nitrogens with one attached hydrogen (secondary N) is 1. The first-order valence-electron chi connectivity index (χ1n) is 5.74. The summed E-state index contributed by atoms with van der Waals surface area (Å²) in [5.74, 6) is -0.455. The highest BCUT2D eigenvalue weighted by molar-refractivity contribution is 5.78. The first-order chi connectivity index (χ1) is 8.16. The van der Waals surface area contributed by atoms with Gasteiger partial charge in [-0.15, -0.1) is 0 Å². The van der Waals surface area contributed by atoms with Crippen molar-refractivity contribution in [2.45, 2.75) is 19.3 Å². The lowest BCUT2D eigenvalue weighted by Gasteiger charge is -2.39. The fourth-order valence-corrected chi connectivity index (χ4v) is 2.14. The third kappa shape index (κ3) is 2.40. The van der Waals surface area contributed by atoms with Crippen LogP contribution in [0, 0.1) is 11.2 Å². The molecule has 0 heterocycles. The molecule has 0 bridgehead atoms. The maximum absolute atomic E-state index is 13.0. The number of benzene rings is 1. The molecular formula is C13H16FNO2. The van der Waals surface area contributed by atoms with Gasteiger partial charge in [-0.05, 0) is 31.0 Å². The molecule has 0 aliphatic heterocycles. The second-order valence-corrected chi connectivity index (χ2v) is 4.49. The summed E-state index contributed by atoms with van der Waals surface area (Å²) in [6.07, 6.45) is 2.71. The molecule has 0 unspecified atom stereocenters. The second-order valence-electron chi connectivity index (χ2n) is 4.49. The Bertz CT molecular complexity index is 416. The second kappa shape index (κ2) is 4.73. The van der Waals surface area contributed by atoms with Gasteiger partial charge in [0.05, 0.1) is 12.5 Å². The normalized spacial score (nSPS) is 17.1. The molecule has 3 nitrogen and oxygen atoms in total. The molecule has 0 spiro atoms. The molecule has 0 saturated heterocycles. The van der Waals surface area contributed by atoms with E-state index in [4.69, 9.17) is 4.74 Å². The van der Waals surface area contributed by atoms with Gasteiger partial charge in [-0.3, -0.25) is 4.79 Å². The molecule has 2 rings (SSSR count). The standard InChI is InChI=1S/C13H16FNO2/c1-17-12(16)13(6-3-7-13)9-15-11-5-2-4-10(14)8-11/h2,4-5,8,15H,3,6-7,9H2,1H3. The Labute approximate surface area is 100.0 Å². The molecule has 17 heavy (non-hydrogen) atoms. The topological polar surface area (TPSA) is 38.3 Å². The number of carbonyl (C=O) groups is 1. The molecule has 1 aliphatic carbocycles. The minimum atomic E-state index is -0.416. The van der Waals surface area contributed by atoms with Gasteiger partial charge in [0.1, 0.15) is 5.82 Å². The third-order valence-electron chi connectivity index (χ3n) is 3.38. The Morgan fingerprint density at radius 2 is 2.29 bits per heavy atom.